The number of hydrogen-bond acceptors (Lipinski definition) is 4. The highest BCUT2D eigenvalue weighted by atomic mass is 16.3. The summed E-state index contributed by atoms with van der Waals surface area (Å²) in [7, 11) is 0. The largest absolute Gasteiger partial charge is 0.462 e. The molecule has 0 aromatic carbocycles. The lowest BCUT2D eigenvalue weighted by atomic mass is 10.1. The first-order valence-electron chi connectivity index (χ1n) is 4.50. The monoisotopic (exact) mass is 192 g/mol. The van der Waals surface area contributed by atoms with Crippen LogP contribution in [-0.2, 0) is 0 Å². The first-order valence-corrected chi connectivity index (χ1v) is 4.50. The Morgan fingerprint density at radius 1 is 1.57 bits per heavy atom. The minimum absolute atomic E-state index is 0.0823. The summed E-state index contributed by atoms with van der Waals surface area (Å²) in [5, 5.41) is 9.76. The van der Waals surface area contributed by atoms with Crippen LogP contribution < -0.4 is 5.73 Å². The Hall–Kier alpha value is -1.39. The van der Waals surface area contributed by atoms with Gasteiger partial charge in [0.2, 0.25) is 0 Å². The van der Waals surface area contributed by atoms with Crippen LogP contribution in [-0.4, -0.2) is 16.7 Å². The third-order valence-corrected chi connectivity index (χ3v) is 2.25. The van der Waals surface area contributed by atoms with E-state index in [2.05, 4.69) is 4.98 Å². The molecule has 0 aliphatic carbocycles. The van der Waals surface area contributed by atoms with E-state index in [1.807, 2.05) is 6.07 Å². The molecule has 0 spiro atoms. The van der Waals surface area contributed by atoms with Gasteiger partial charge in [-0.3, -0.25) is 4.98 Å². The first kappa shape index (κ1) is 9.18. The Kier molecular flexibility index (Phi) is 2.47. The van der Waals surface area contributed by atoms with Gasteiger partial charge in [-0.2, -0.15) is 0 Å². The summed E-state index contributed by atoms with van der Waals surface area (Å²) in [6, 6.07) is 1.69. The zero-order valence-corrected chi connectivity index (χ0v) is 7.68. The molecule has 0 fully saturated rings. The van der Waals surface area contributed by atoms with E-state index in [1.165, 1.54) is 0 Å². The highest BCUT2D eigenvalue weighted by molar-refractivity contribution is 5.80. The average molecular weight is 192 g/mol. The van der Waals surface area contributed by atoms with Gasteiger partial charge in [-0.25, -0.2) is 0 Å². The van der Waals surface area contributed by atoms with E-state index >= 15 is 0 Å². The highest BCUT2D eigenvalue weighted by Crippen LogP contribution is 2.25. The van der Waals surface area contributed by atoms with Crippen LogP contribution in [0, 0.1) is 0 Å². The highest BCUT2D eigenvalue weighted by Gasteiger charge is 2.12. The van der Waals surface area contributed by atoms with Gasteiger partial charge in [0.05, 0.1) is 12.5 Å². The molecule has 3 N–H and O–H groups in total. The Morgan fingerprint density at radius 2 is 2.43 bits per heavy atom. The average Bonchev–Trinajstić information content (AvgIpc) is 2.61. The number of fused-ring (bicyclic) bond motifs is 1. The van der Waals surface area contributed by atoms with Gasteiger partial charge < -0.3 is 15.3 Å². The number of nitrogens with zero attached hydrogens (tertiary/aromatic N) is 1. The lowest BCUT2D eigenvalue weighted by Crippen LogP contribution is -2.11. The van der Waals surface area contributed by atoms with Crippen molar-refractivity contribution in [1.29, 1.82) is 0 Å². The zero-order valence-electron chi connectivity index (χ0n) is 7.68. The predicted octanol–water partition coefficient (Wildman–Crippen LogP) is 1.21. The topological polar surface area (TPSA) is 72.3 Å². The smallest absolute Gasteiger partial charge is 0.152 e. The number of furan rings is 1. The van der Waals surface area contributed by atoms with Crippen molar-refractivity contribution in [2.24, 2.45) is 5.73 Å². The fraction of sp³-hybridized carbons (Fsp3) is 0.300. The lowest BCUT2D eigenvalue weighted by molar-refractivity contribution is 0.276. The van der Waals surface area contributed by atoms with Crippen molar-refractivity contribution in [3.63, 3.8) is 0 Å². The summed E-state index contributed by atoms with van der Waals surface area (Å²) in [5.41, 5.74) is 7.54. The van der Waals surface area contributed by atoms with Gasteiger partial charge in [-0.1, -0.05) is 0 Å². The van der Waals surface area contributed by atoms with Crippen molar-refractivity contribution in [1.82, 2.24) is 4.98 Å². The van der Waals surface area contributed by atoms with Gasteiger partial charge in [0.25, 0.3) is 0 Å². The van der Waals surface area contributed by atoms with E-state index in [-0.39, 0.29) is 12.6 Å². The number of aliphatic hydroxyl groups excluding tert-OH is 1. The van der Waals surface area contributed by atoms with E-state index < -0.39 is 0 Å². The fourth-order valence-corrected chi connectivity index (χ4v) is 1.48. The van der Waals surface area contributed by atoms with Crippen LogP contribution in [0.2, 0.25) is 0 Å². The molecule has 0 radical (unpaired) electrons. The zero-order chi connectivity index (χ0) is 9.97. The summed E-state index contributed by atoms with van der Waals surface area (Å²) in [6.07, 6.45) is 5.53. The first-order chi connectivity index (χ1) is 6.83. The standard InChI is InChI=1S/C10H12N2O2/c11-9(2-4-13)8-6-14-10-5-12-3-1-7(8)10/h1,3,5-6,9,13H,2,4,11H2. The second-order valence-electron chi connectivity index (χ2n) is 3.18. The predicted molar refractivity (Wildman–Crippen MR) is 52.6 cm³/mol. The van der Waals surface area contributed by atoms with Gasteiger partial charge in [0, 0.05) is 29.8 Å². The molecule has 1 atom stereocenters. The molecular weight excluding hydrogens is 180 g/mol. The molecule has 0 aliphatic rings. The Bertz CT molecular complexity index is 425. The third kappa shape index (κ3) is 1.49. The quantitative estimate of drug-likeness (QED) is 0.766. The number of hydrogen-bond donors (Lipinski definition) is 2. The molecular formula is C10H12N2O2. The molecule has 0 bridgehead atoms. The van der Waals surface area contributed by atoms with Gasteiger partial charge >= 0.3 is 0 Å². The van der Waals surface area contributed by atoms with Gasteiger partial charge in [-0.15, -0.1) is 0 Å². The Morgan fingerprint density at radius 3 is 3.21 bits per heavy atom. The van der Waals surface area contributed by atoms with Gasteiger partial charge in [-0.05, 0) is 12.5 Å². The molecule has 0 saturated heterocycles. The van der Waals surface area contributed by atoms with Crippen molar-refractivity contribution in [3.05, 3.63) is 30.3 Å². The molecule has 1 unspecified atom stereocenters. The maximum absolute atomic E-state index is 8.78. The van der Waals surface area contributed by atoms with Crippen LogP contribution in [0.15, 0.2) is 29.1 Å². The van der Waals surface area contributed by atoms with Crippen molar-refractivity contribution < 1.29 is 9.52 Å². The second kappa shape index (κ2) is 3.77. The molecule has 4 nitrogen and oxygen atoms in total. The second-order valence-corrected chi connectivity index (χ2v) is 3.18. The maximum atomic E-state index is 8.78. The number of rotatable bonds is 3. The van der Waals surface area contributed by atoms with Crippen LogP contribution in [0.5, 0.6) is 0 Å². The SMILES string of the molecule is NC(CCO)c1coc2cnccc12. The summed E-state index contributed by atoms with van der Waals surface area (Å²) in [5.74, 6) is 0. The normalized spacial score (nSPS) is 13.3. The van der Waals surface area contributed by atoms with Gasteiger partial charge in [0.1, 0.15) is 0 Å². The fourth-order valence-electron chi connectivity index (χ4n) is 1.48. The number of aliphatic hydroxyl groups is 1. The van der Waals surface area contributed by atoms with Crippen LogP contribution in [0.3, 0.4) is 0 Å². The summed E-state index contributed by atoms with van der Waals surface area (Å²) >= 11 is 0. The van der Waals surface area contributed by atoms with Crippen molar-refractivity contribution in [3.8, 4) is 0 Å². The van der Waals surface area contributed by atoms with Crippen LogP contribution in [0.4, 0.5) is 0 Å². The molecule has 2 aromatic rings. The molecule has 0 aliphatic heterocycles. The van der Waals surface area contributed by atoms with E-state index in [0.717, 1.165) is 16.5 Å². The summed E-state index contributed by atoms with van der Waals surface area (Å²) in [4.78, 5) is 3.95. The molecule has 74 valence electrons. The molecule has 0 amide bonds. The number of nitrogens with two attached hydrogens (primary N) is 1. The van der Waals surface area contributed by atoms with E-state index in [4.69, 9.17) is 15.3 Å². The molecule has 14 heavy (non-hydrogen) atoms. The Balaban J connectivity index is 2.42. The number of aromatic nitrogens is 1. The third-order valence-electron chi connectivity index (χ3n) is 2.25. The van der Waals surface area contributed by atoms with E-state index in [0.29, 0.717) is 6.42 Å². The minimum Gasteiger partial charge on any atom is -0.462 e. The minimum atomic E-state index is -0.177. The van der Waals surface area contributed by atoms with E-state index in [1.54, 1.807) is 18.7 Å². The van der Waals surface area contributed by atoms with Crippen molar-refractivity contribution >= 4 is 11.0 Å². The molecule has 2 aromatic heterocycles. The van der Waals surface area contributed by atoms with Gasteiger partial charge in [0.15, 0.2) is 5.58 Å². The lowest BCUT2D eigenvalue weighted by Gasteiger charge is -2.06. The molecule has 2 heterocycles. The van der Waals surface area contributed by atoms with Crippen LogP contribution in [0.25, 0.3) is 11.0 Å². The van der Waals surface area contributed by atoms with E-state index in [9.17, 15) is 0 Å². The number of pyridine rings is 1. The van der Waals surface area contributed by atoms with Crippen molar-refractivity contribution in [2.75, 3.05) is 6.61 Å². The molecule has 4 heteroatoms. The molecule has 2 rings (SSSR count). The summed E-state index contributed by atoms with van der Waals surface area (Å²) < 4.78 is 5.29. The molecule has 0 saturated carbocycles. The Labute approximate surface area is 81.4 Å². The van der Waals surface area contributed by atoms with Crippen LogP contribution >= 0.6 is 0 Å². The van der Waals surface area contributed by atoms with Crippen molar-refractivity contribution in [2.45, 2.75) is 12.5 Å². The van der Waals surface area contributed by atoms with Crippen LogP contribution in [0.1, 0.15) is 18.0 Å². The maximum Gasteiger partial charge on any atom is 0.152 e. The summed E-state index contributed by atoms with van der Waals surface area (Å²) in [6.45, 7) is 0.0823.